The average molecular weight is 274 g/mol. The van der Waals surface area contributed by atoms with Crippen molar-refractivity contribution in [1.82, 2.24) is 0 Å². The van der Waals surface area contributed by atoms with Crippen molar-refractivity contribution in [2.45, 2.75) is 78.6 Å². The Balaban J connectivity index is 2.15. The van der Waals surface area contributed by atoms with Gasteiger partial charge in [-0.2, -0.15) is 0 Å². The summed E-state index contributed by atoms with van der Waals surface area (Å²) in [6.45, 7) is 6.46. The van der Waals surface area contributed by atoms with Crippen molar-refractivity contribution in [1.29, 1.82) is 0 Å². The summed E-state index contributed by atoms with van der Waals surface area (Å²) in [7, 11) is 0. The van der Waals surface area contributed by atoms with Gasteiger partial charge in [0.05, 0.1) is 0 Å². The molecule has 0 saturated carbocycles. The van der Waals surface area contributed by atoms with Crippen LogP contribution in [0.3, 0.4) is 0 Å². The largest absolute Gasteiger partial charge is 0.299 e. The van der Waals surface area contributed by atoms with E-state index in [2.05, 4.69) is 39.0 Å². The highest BCUT2D eigenvalue weighted by Gasteiger charge is 2.04. The number of rotatable bonds is 10. The Morgan fingerprint density at radius 2 is 1.55 bits per heavy atom. The van der Waals surface area contributed by atoms with E-state index >= 15 is 0 Å². The summed E-state index contributed by atoms with van der Waals surface area (Å²) in [5.41, 5.74) is 3.75. The number of carbonyl (C=O) groups excluding carboxylic acids is 1. The predicted octanol–water partition coefficient (Wildman–Crippen LogP) is 5.56. The lowest BCUT2D eigenvalue weighted by Crippen LogP contribution is -2.03. The molecule has 1 aromatic rings. The van der Waals surface area contributed by atoms with Crippen LogP contribution in [0.1, 0.15) is 75.0 Å². The number of unbranched alkanes of at least 4 members (excludes halogenated alkanes) is 6. The van der Waals surface area contributed by atoms with Crippen LogP contribution in [0.15, 0.2) is 18.2 Å². The van der Waals surface area contributed by atoms with Gasteiger partial charge >= 0.3 is 0 Å². The van der Waals surface area contributed by atoms with Crippen molar-refractivity contribution >= 4 is 5.78 Å². The van der Waals surface area contributed by atoms with Gasteiger partial charge < -0.3 is 0 Å². The summed E-state index contributed by atoms with van der Waals surface area (Å²) < 4.78 is 0. The molecule has 1 aromatic carbocycles. The van der Waals surface area contributed by atoms with E-state index in [-0.39, 0.29) is 0 Å². The quantitative estimate of drug-likeness (QED) is 0.511. The van der Waals surface area contributed by atoms with E-state index in [1.807, 2.05) is 0 Å². The van der Waals surface area contributed by atoms with Crippen molar-refractivity contribution in [3.63, 3.8) is 0 Å². The zero-order chi connectivity index (χ0) is 14.8. The van der Waals surface area contributed by atoms with Gasteiger partial charge in [0.2, 0.25) is 0 Å². The molecule has 0 spiro atoms. The number of hydrogen-bond donors (Lipinski definition) is 0. The summed E-state index contributed by atoms with van der Waals surface area (Å²) >= 11 is 0. The van der Waals surface area contributed by atoms with E-state index in [0.29, 0.717) is 12.2 Å². The van der Waals surface area contributed by atoms with Crippen molar-refractivity contribution in [3.8, 4) is 0 Å². The molecular weight excluding hydrogens is 244 g/mol. The highest BCUT2D eigenvalue weighted by molar-refractivity contribution is 5.80. The summed E-state index contributed by atoms with van der Waals surface area (Å²) in [6, 6.07) is 6.36. The molecule has 0 radical (unpaired) electrons. The average Bonchev–Trinajstić information content (AvgIpc) is 2.42. The molecule has 0 atom stereocenters. The summed E-state index contributed by atoms with van der Waals surface area (Å²) in [4.78, 5) is 11.9. The minimum absolute atomic E-state index is 0.391. The number of aryl methyl sites for hydroxylation is 2. The normalized spacial score (nSPS) is 10.8. The first kappa shape index (κ1) is 16.9. The third-order valence-corrected chi connectivity index (χ3v) is 4.03. The van der Waals surface area contributed by atoms with Gasteiger partial charge in [0.1, 0.15) is 5.78 Å². The monoisotopic (exact) mass is 274 g/mol. The molecule has 1 nitrogen and oxygen atoms in total. The number of hydrogen-bond acceptors (Lipinski definition) is 1. The summed E-state index contributed by atoms with van der Waals surface area (Å²) in [6.07, 6.45) is 10.3. The van der Waals surface area contributed by atoms with Crippen LogP contribution >= 0.6 is 0 Å². The zero-order valence-electron chi connectivity index (χ0n) is 13.5. The SMILES string of the molecule is CCCCCCCCCC(=O)Cc1ccc(C)c(C)c1. The Morgan fingerprint density at radius 1 is 0.900 bits per heavy atom. The molecular formula is C19H30O. The second-order valence-electron chi connectivity index (χ2n) is 6.01. The second kappa shape index (κ2) is 9.74. The molecule has 112 valence electrons. The van der Waals surface area contributed by atoms with Crippen LogP contribution in [0.2, 0.25) is 0 Å². The van der Waals surface area contributed by atoms with E-state index in [1.54, 1.807) is 0 Å². The molecule has 0 aliphatic heterocycles. The Kier molecular flexibility index (Phi) is 8.25. The first-order valence-corrected chi connectivity index (χ1v) is 8.21. The molecule has 0 aromatic heterocycles. The van der Waals surface area contributed by atoms with Gasteiger partial charge in [-0.05, 0) is 37.0 Å². The smallest absolute Gasteiger partial charge is 0.137 e. The van der Waals surface area contributed by atoms with Gasteiger partial charge in [0.15, 0.2) is 0 Å². The fourth-order valence-electron chi connectivity index (χ4n) is 2.51. The molecule has 0 saturated heterocycles. The number of Topliss-reactive ketones (excluding diaryl/α,β-unsaturated/α-hetero) is 1. The molecule has 0 N–H and O–H groups in total. The Bertz CT molecular complexity index is 406. The van der Waals surface area contributed by atoms with Crippen molar-refractivity contribution in [2.75, 3.05) is 0 Å². The van der Waals surface area contributed by atoms with Gasteiger partial charge in [-0.25, -0.2) is 0 Å². The molecule has 0 aliphatic rings. The van der Waals surface area contributed by atoms with Gasteiger partial charge in [-0.15, -0.1) is 0 Å². The molecule has 0 unspecified atom stereocenters. The summed E-state index contributed by atoms with van der Waals surface area (Å²) in [5.74, 6) is 0.391. The maximum Gasteiger partial charge on any atom is 0.137 e. The zero-order valence-corrected chi connectivity index (χ0v) is 13.5. The number of ketones is 1. The fourth-order valence-corrected chi connectivity index (χ4v) is 2.51. The van der Waals surface area contributed by atoms with Crippen LogP contribution in [0.25, 0.3) is 0 Å². The van der Waals surface area contributed by atoms with Crippen LogP contribution in [-0.4, -0.2) is 5.78 Å². The Hall–Kier alpha value is -1.11. The highest BCUT2D eigenvalue weighted by Crippen LogP contribution is 2.13. The topological polar surface area (TPSA) is 17.1 Å². The third-order valence-electron chi connectivity index (χ3n) is 4.03. The maximum absolute atomic E-state index is 11.9. The molecule has 0 aliphatic carbocycles. The van der Waals surface area contributed by atoms with Crippen LogP contribution in [-0.2, 0) is 11.2 Å². The van der Waals surface area contributed by atoms with Crippen LogP contribution < -0.4 is 0 Å². The molecule has 1 rings (SSSR count). The van der Waals surface area contributed by atoms with Crippen molar-refractivity contribution < 1.29 is 4.79 Å². The predicted molar refractivity (Wildman–Crippen MR) is 87.2 cm³/mol. The number of carbonyl (C=O) groups is 1. The molecule has 20 heavy (non-hydrogen) atoms. The molecule has 0 amide bonds. The number of benzene rings is 1. The van der Waals surface area contributed by atoms with E-state index in [0.717, 1.165) is 12.8 Å². The standard InChI is InChI=1S/C19H30O/c1-4-5-6-7-8-9-10-11-19(20)15-18-13-12-16(2)17(3)14-18/h12-14H,4-11,15H2,1-3H3. The van der Waals surface area contributed by atoms with Gasteiger partial charge in [-0.3, -0.25) is 4.79 Å². The van der Waals surface area contributed by atoms with Gasteiger partial charge in [0.25, 0.3) is 0 Å². The van der Waals surface area contributed by atoms with Crippen molar-refractivity contribution in [2.24, 2.45) is 0 Å². The van der Waals surface area contributed by atoms with Gasteiger partial charge in [0, 0.05) is 12.8 Å². The maximum atomic E-state index is 11.9. The molecule has 0 fully saturated rings. The Labute approximate surface area is 124 Å². The molecule has 0 bridgehead atoms. The highest BCUT2D eigenvalue weighted by atomic mass is 16.1. The van der Waals surface area contributed by atoms with Gasteiger partial charge in [-0.1, -0.05) is 63.6 Å². The van der Waals surface area contributed by atoms with E-state index in [4.69, 9.17) is 0 Å². The lowest BCUT2D eigenvalue weighted by atomic mass is 10.00. The van der Waals surface area contributed by atoms with E-state index in [9.17, 15) is 4.79 Å². The lowest BCUT2D eigenvalue weighted by Gasteiger charge is -2.05. The van der Waals surface area contributed by atoms with Crippen LogP contribution in [0, 0.1) is 13.8 Å². The molecule has 0 heterocycles. The fraction of sp³-hybridized carbons (Fsp3) is 0.632. The van der Waals surface area contributed by atoms with Crippen LogP contribution in [0.5, 0.6) is 0 Å². The molecule has 1 heteroatoms. The second-order valence-corrected chi connectivity index (χ2v) is 6.01. The van der Waals surface area contributed by atoms with E-state index < -0.39 is 0 Å². The lowest BCUT2D eigenvalue weighted by molar-refractivity contribution is -0.118. The first-order chi connectivity index (χ1) is 9.63. The first-order valence-electron chi connectivity index (χ1n) is 8.21. The third kappa shape index (κ3) is 6.88. The van der Waals surface area contributed by atoms with Crippen molar-refractivity contribution in [3.05, 3.63) is 34.9 Å². The van der Waals surface area contributed by atoms with Crippen LogP contribution in [0.4, 0.5) is 0 Å². The van der Waals surface area contributed by atoms with E-state index in [1.165, 1.54) is 55.2 Å². The summed E-state index contributed by atoms with van der Waals surface area (Å²) in [5, 5.41) is 0. The minimum Gasteiger partial charge on any atom is -0.299 e. The Morgan fingerprint density at radius 3 is 2.20 bits per heavy atom. The minimum atomic E-state index is 0.391.